The zero-order chi connectivity index (χ0) is 13.7. The molecule has 4 nitrogen and oxygen atoms in total. The molecule has 0 bridgehead atoms. The molecule has 0 aliphatic carbocycles. The highest BCUT2D eigenvalue weighted by Gasteiger charge is 2.16. The highest BCUT2D eigenvalue weighted by atomic mass is 79.9. The first kappa shape index (κ1) is 14.6. The van der Waals surface area contributed by atoms with Crippen molar-refractivity contribution >= 4 is 27.8 Å². The Labute approximate surface area is 113 Å². The molecule has 0 saturated carbocycles. The summed E-state index contributed by atoms with van der Waals surface area (Å²) in [6.07, 6.45) is 0.0647. The van der Waals surface area contributed by atoms with Crippen LogP contribution >= 0.6 is 15.9 Å². The summed E-state index contributed by atoms with van der Waals surface area (Å²) < 4.78 is 18.0. The van der Waals surface area contributed by atoms with Crippen LogP contribution in [0.5, 0.6) is 0 Å². The summed E-state index contributed by atoms with van der Waals surface area (Å²) in [7, 11) is 1.28. The van der Waals surface area contributed by atoms with Crippen molar-refractivity contribution in [3.63, 3.8) is 0 Å². The molecule has 1 N–H and O–H groups in total. The maximum Gasteiger partial charge on any atom is 0.307 e. The molecule has 1 aromatic rings. The summed E-state index contributed by atoms with van der Waals surface area (Å²) >= 11 is 3.17. The summed E-state index contributed by atoms with van der Waals surface area (Å²) in [6.45, 7) is 1.67. The molecular formula is C12H13BrFNO3. The number of hydrogen-bond donors (Lipinski definition) is 1. The van der Waals surface area contributed by atoms with Gasteiger partial charge in [0.15, 0.2) is 0 Å². The van der Waals surface area contributed by atoms with Crippen LogP contribution in [0.25, 0.3) is 0 Å². The quantitative estimate of drug-likeness (QED) is 0.867. The molecule has 98 valence electrons. The van der Waals surface area contributed by atoms with Gasteiger partial charge in [-0.2, -0.15) is 0 Å². The smallest absolute Gasteiger partial charge is 0.307 e. The van der Waals surface area contributed by atoms with Gasteiger partial charge in [0.2, 0.25) is 0 Å². The lowest BCUT2D eigenvalue weighted by Crippen LogP contribution is -2.34. The van der Waals surface area contributed by atoms with Gasteiger partial charge in [0.05, 0.1) is 19.1 Å². The van der Waals surface area contributed by atoms with Gasteiger partial charge in [-0.3, -0.25) is 9.59 Å². The summed E-state index contributed by atoms with van der Waals surface area (Å²) in [5, 5.41) is 2.59. The van der Waals surface area contributed by atoms with Crippen LogP contribution in [0, 0.1) is 5.82 Å². The van der Waals surface area contributed by atoms with E-state index in [4.69, 9.17) is 0 Å². The molecule has 6 heteroatoms. The molecule has 0 aliphatic heterocycles. The number of amides is 1. The molecule has 1 unspecified atom stereocenters. The number of halogens is 2. The van der Waals surface area contributed by atoms with Crippen LogP contribution in [0.1, 0.15) is 23.7 Å². The zero-order valence-corrected chi connectivity index (χ0v) is 11.6. The number of carbonyl (C=O) groups is 2. The van der Waals surface area contributed by atoms with Crippen molar-refractivity contribution in [2.75, 3.05) is 7.11 Å². The molecule has 1 aromatic carbocycles. The molecule has 0 saturated heterocycles. The minimum absolute atomic E-state index is 0.0647. The van der Waals surface area contributed by atoms with Gasteiger partial charge in [0.25, 0.3) is 5.91 Å². The Morgan fingerprint density at radius 1 is 1.50 bits per heavy atom. The second kappa shape index (κ2) is 6.49. The molecule has 0 fully saturated rings. The van der Waals surface area contributed by atoms with Gasteiger partial charge in [-0.25, -0.2) is 4.39 Å². The van der Waals surface area contributed by atoms with Crippen molar-refractivity contribution in [1.29, 1.82) is 0 Å². The summed E-state index contributed by atoms with van der Waals surface area (Å²) in [4.78, 5) is 22.9. The number of methoxy groups -OCH3 is 1. The second-order valence-corrected chi connectivity index (χ2v) is 4.63. The van der Waals surface area contributed by atoms with Gasteiger partial charge in [0, 0.05) is 10.5 Å². The first-order valence-corrected chi connectivity index (χ1v) is 6.06. The van der Waals surface area contributed by atoms with E-state index in [0.29, 0.717) is 4.47 Å². The number of esters is 1. The first-order chi connectivity index (χ1) is 8.43. The molecule has 1 atom stereocenters. The van der Waals surface area contributed by atoms with E-state index in [2.05, 4.69) is 26.0 Å². The van der Waals surface area contributed by atoms with Gasteiger partial charge >= 0.3 is 5.97 Å². The number of rotatable bonds is 4. The second-order valence-electron chi connectivity index (χ2n) is 3.78. The van der Waals surface area contributed by atoms with Crippen molar-refractivity contribution in [3.05, 3.63) is 34.1 Å². The van der Waals surface area contributed by atoms with Gasteiger partial charge in [0.1, 0.15) is 5.82 Å². The zero-order valence-electron chi connectivity index (χ0n) is 10.00. The number of carbonyl (C=O) groups excluding carboxylic acids is 2. The Morgan fingerprint density at radius 2 is 2.17 bits per heavy atom. The van der Waals surface area contributed by atoms with Crippen LogP contribution in [0.3, 0.4) is 0 Å². The molecule has 0 aromatic heterocycles. The highest BCUT2D eigenvalue weighted by molar-refractivity contribution is 9.10. The maximum atomic E-state index is 13.0. The fourth-order valence-corrected chi connectivity index (χ4v) is 1.78. The third-order valence-corrected chi connectivity index (χ3v) is 2.94. The van der Waals surface area contributed by atoms with Gasteiger partial charge in [-0.15, -0.1) is 0 Å². The third kappa shape index (κ3) is 4.10. The van der Waals surface area contributed by atoms with Gasteiger partial charge in [-0.05, 0) is 41.1 Å². The SMILES string of the molecule is COC(=O)CC(C)NC(=O)c1cc(F)ccc1Br. The standard InChI is InChI=1S/C12H13BrFNO3/c1-7(5-11(16)18-2)15-12(17)9-6-8(14)3-4-10(9)13/h3-4,6-7H,5H2,1-2H3,(H,15,17). The maximum absolute atomic E-state index is 13.0. The lowest BCUT2D eigenvalue weighted by molar-refractivity contribution is -0.141. The van der Waals surface area contributed by atoms with E-state index in [1.807, 2.05) is 0 Å². The fraction of sp³-hybridized carbons (Fsp3) is 0.333. The normalized spacial score (nSPS) is 11.8. The van der Waals surface area contributed by atoms with E-state index in [0.717, 1.165) is 6.07 Å². The Balaban J connectivity index is 2.70. The topological polar surface area (TPSA) is 55.4 Å². The van der Waals surface area contributed by atoms with Gasteiger partial charge in [-0.1, -0.05) is 0 Å². The third-order valence-electron chi connectivity index (χ3n) is 2.25. The van der Waals surface area contributed by atoms with Crippen LogP contribution < -0.4 is 5.32 Å². The van der Waals surface area contributed by atoms with Crippen LogP contribution in [-0.2, 0) is 9.53 Å². The lowest BCUT2D eigenvalue weighted by atomic mass is 10.1. The van der Waals surface area contributed by atoms with Crippen molar-refractivity contribution in [2.45, 2.75) is 19.4 Å². The number of ether oxygens (including phenoxy) is 1. The Hall–Kier alpha value is -1.43. The van der Waals surface area contributed by atoms with E-state index in [9.17, 15) is 14.0 Å². The number of nitrogens with one attached hydrogen (secondary N) is 1. The van der Waals surface area contributed by atoms with Crippen LogP contribution in [-0.4, -0.2) is 25.0 Å². The van der Waals surface area contributed by atoms with E-state index in [-0.39, 0.29) is 18.0 Å². The van der Waals surface area contributed by atoms with Gasteiger partial charge < -0.3 is 10.1 Å². The van der Waals surface area contributed by atoms with E-state index < -0.39 is 17.7 Å². The molecule has 1 rings (SSSR count). The number of benzene rings is 1. The molecule has 0 radical (unpaired) electrons. The van der Waals surface area contributed by atoms with E-state index in [1.54, 1.807) is 6.92 Å². The molecule has 1 amide bonds. The van der Waals surface area contributed by atoms with Crippen LogP contribution in [0.4, 0.5) is 4.39 Å². The fourth-order valence-electron chi connectivity index (χ4n) is 1.36. The summed E-state index contributed by atoms with van der Waals surface area (Å²) in [5.41, 5.74) is 0.187. The highest BCUT2D eigenvalue weighted by Crippen LogP contribution is 2.17. The van der Waals surface area contributed by atoms with Crippen molar-refractivity contribution in [1.82, 2.24) is 5.32 Å². The predicted molar refractivity (Wildman–Crippen MR) is 67.7 cm³/mol. The van der Waals surface area contributed by atoms with Crippen molar-refractivity contribution < 1.29 is 18.7 Å². The molecule has 0 spiro atoms. The minimum atomic E-state index is -0.496. The lowest BCUT2D eigenvalue weighted by Gasteiger charge is -2.13. The largest absolute Gasteiger partial charge is 0.469 e. The Kier molecular flexibility index (Phi) is 5.27. The minimum Gasteiger partial charge on any atom is -0.469 e. The van der Waals surface area contributed by atoms with E-state index in [1.165, 1.54) is 19.2 Å². The average Bonchev–Trinajstić information content (AvgIpc) is 2.31. The average molecular weight is 318 g/mol. The summed E-state index contributed by atoms with van der Waals surface area (Å²) in [5.74, 6) is -1.36. The van der Waals surface area contributed by atoms with Crippen LogP contribution in [0.15, 0.2) is 22.7 Å². The molecule has 0 aliphatic rings. The Bertz CT molecular complexity index is 465. The predicted octanol–water partition coefficient (Wildman–Crippen LogP) is 2.27. The summed E-state index contributed by atoms with van der Waals surface area (Å²) in [6, 6.07) is 3.44. The molecule has 0 heterocycles. The molecule has 18 heavy (non-hydrogen) atoms. The monoisotopic (exact) mass is 317 g/mol. The number of hydrogen-bond acceptors (Lipinski definition) is 3. The van der Waals surface area contributed by atoms with E-state index >= 15 is 0 Å². The van der Waals surface area contributed by atoms with Crippen LogP contribution in [0.2, 0.25) is 0 Å². The first-order valence-electron chi connectivity index (χ1n) is 5.26. The van der Waals surface area contributed by atoms with Crippen molar-refractivity contribution in [3.8, 4) is 0 Å². The Morgan fingerprint density at radius 3 is 2.78 bits per heavy atom. The van der Waals surface area contributed by atoms with Crippen molar-refractivity contribution in [2.24, 2.45) is 0 Å². The molecular weight excluding hydrogens is 305 g/mol.